The third kappa shape index (κ3) is 3.60. The molecule has 0 radical (unpaired) electrons. The van der Waals surface area contributed by atoms with Crippen LogP contribution in [0.25, 0.3) is 5.76 Å². The fourth-order valence-electron chi connectivity index (χ4n) is 4.42. The third-order valence-corrected chi connectivity index (χ3v) is 6.82. The van der Waals surface area contributed by atoms with Gasteiger partial charge in [0.2, 0.25) is 0 Å². The molecule has 3 aromatic rings. The first-order valence-electron chi connectivity index (χ1n) is 10.6. The van der Waals surface area contributed by atoms with Crippen molar-refractivity contribution in [3.05, 3.63) is 76.0 Å². The van der Waals surface area contributed by atoms with E-state index in [1.807, 2.05) is 47.3 Å². The number of amides is 1. The number of benzene rings is 1. The molecule has 1 amide bonds. The van der Waals surface area contributed by atoms with E-state index in [0.717, 1.165) is 22.6 Å². The first kappa shape index (κ1) is 20.5. The highest BCUT2D eigenvalue weighted by molar-refractivity contribution is 7.10. The van der Waals surface area contributed by atoms with E-state index in [4.69, 9.17) is 4.74 Å². The Labute approximate surface area is 189 Å². The summed E-state index contributed by atoms with van der Waals surface area (Å²) in [4.78, 5) is 32.5. The van der Waals surface area contributed by atoms with Gasteiger partial charge in [0.05, 0.1) is 17.9 Å². The number of ether oxygens (including phenoxy) is 1. The van der Waals surface area contributed by atoms with E-state index in [0.29, 0.717) is 25.1 Å². The molecule has 7 nitrogen and oxygen atoms in total. The molecule has 8 heteroatoms. The van der Waals surface area contributed by atoms with Crippen LogP contribution >= 0.6 is 11.3 Å². The monoisotopic (exact) mass is 449 g/mol. The lowest BCUT2D eigenvalue weighted by atomic mass is 9.98. The van der Waals surface area contributed by atoms with Gasteiger partial charge in [-0.05, 0) is 48.6 Å². The number of aliphatic hydroxyl groups excluding tert-OH is 1. The van der Waals surface area contributed by atoms with E-state index in [9.17, 15) is 14.7 Å². The van der Waals surface area contributed by atoms with Crippen LogP contribution in [-0.2, 0) is 22.6 Å². The Hall–Kier alpha value is -3.39. The van der Waals surface area contributed by atoms with Crippen molar-refractivity contribution in [2.45, 2.75) is 38.5 Å². The second-order valence-electron chi connectivity index (χ2n) is 8.12. The lowest BCUT2D eigenvalue weighted by molar-refractivity contribution is -0.139. The Morgan fingerprint density at radius 1 is 1.28 bits per heavy atom. The summed E-state index contributed by atoms with van der Waals surface area (Å²) in [6.45, 7) is 3.08. The van der Waals surface area contributed by atoms with Crippen molar-refractivity contribution >= 4 is 28.8 Å². The molecule has 4 heterocycles. The highest BCUT2D eigenvalue weighted by Gasteiger charge is 2.46. The summed E-state index contributed by atoms with van der Waals surface area (Å²) in [5, 5.41) is 13.1. The highest BCUT2D eigenvalue weighted by Crippen LogP contribution is 2.42. The van der Waals surface area contributed by atoms with Gasteiger partial charge in [-0.25, -0.2) is 4.98 Å². The van der Waals surface area contributed by atoms with Gasteiger partial charge >= 0.3 is 0 Å². The van der Waals surface area contributed by atoms with Gasteiger partial charge in [-0.2, -0.15) is 0 Å². The number of ketones is 1. The summed E-state index contributed by atoms with van der Waals surface area (Å²) in [7, 11) is 0. The molecule has 5 rings (SSSR count). The number of hydrogen-bond acceptors (Lipinski definition) is 6. The Morgan fingerprint density at radius 3 is 2.91 bits per heavy atom. The molecule has 2 atom stereocenters. The molecular weight excluding hydrogens is 426 g/mol. The molecule has 0 unspecified atom stereocenters. The Bertz CT molecular complexity index is 1180. The van der Waals surface area contributed by atoms with E-state index in [1.54, 1.807) is 23.5 Å². The van der Waals surface area contributed by atoms with Gasteiger partial charge in [0, 0.05) is 42.3 Å². The number of thiophene rings is 1. The number of imidazole rings is 1. The molecule has 1 aromatic carbocycles. The van der Waals surface area contributed by atoms with E-state index in [2.05, 4.69) is 4.98 Å². The number of carbonyl (C=O) groups excluding carboxylic acids is 2. The maximum absolute atomic E-state index is 13.1. The van der Waals surface area contributed by atoms with Crippen LogP contribution in [0.2, 0.25) is 0 Å². The summed E-state index contributed by atoms with van der Waals surface area (Å²) in [6.07, 6.45) is 6.79. The fourth-order valence-corrected chi connectivity index (χ4v) is 5.27. The number of fused-ring (bicyclic) bond motifs is 1. The molecule has 0 saturated carbocycles. The zero-order chi connectivity index (χ0) is 22.2. The largest absolute Gasteiger partial charge is 0.507 e. The molecule has 1 saturated heterocycles. The predicted octanol–water partition coefficient (Wildman–Crippen LogP) is 3.78. The van der Waals surface area contributed by atoms with Crippen LogP contribution in [0.15, 0.2) is 60.0 Å². The Morgan fingerprint density at radius 2 is 2.16 bits per heavy atom. The smallest absolute Gasteiger partial charge is 0.295 e. The fraction of sp³-hybridized carbons (Fsp3) is 0.292. The first-order chi connectivity index (χ1) is 15.5. The summed E-state index contributed by atoms with van der Waals surface area (Å²) in [6, 6.07) is 8.60. The van der Waals surface area contributed by atoms with Gasteiger partial charge in [-0.15, -0.1) is 11.3 Å². The van der Waals surface area contributed by atoms with Crippen molar-refractivity contribution in [3.8, 4) is 5.75 Å². The molecule has 0 aliphatic carbocycles. The number of rotatable bonds is 6. The van der Waals surface area contributed by atoms with E-state index >= 15 is 0 Å². The van der Waals surface area contributed by atoms with Crippen molar-refractivity contribution in [2.75, 3.05) is 6.54 Å². The Balaban J connectivity index is 1.49. The molecule has 2 aliphatic heterocycles. The van der Waals surface area contributed by atoms with Crippen LogP contribution in [0.4, 0.5) is 0 Å². The van der Waals surface area contributed by atoms with Crippen molar-refractivity contribution in [1.82, 2.24) is 14.5 Å². The van der Waals surface area contributed by atoms with Crippen LogP contribution < -0.4 is 4.74 Å². The number of Topliss-reactive ketones (excluding diaryl/α,β-unsaturated/α-hetero) is 1. The molecule has 2 aromatic heterocycles. The van der Waals surface area contributed by atoms with Gasteiger partial charge in [0.1, 0.15) is 17.6 Å². The maximum atomic E-state index is 13.1. The lowest BCUT2D eigenvalue weighted by Gasteiger charge is -2.24. The van der Waals surface area contributed by atoms with Crippen LogP contribution in [0.5, 0.6) is 5.75 Å². The molecule has 0 spiro atoms. The predicted molar refractivity (Wildman–Crippen MR) is 120 cm³/mol. The summed E-state index contributed by atoms with van der Waals surface area (Å²) >= 11 is 1.47. The van der Waals surface area contributed by atoms with Crippen molar-refractivity contribution in [1.29, 1.82) is 0 Å². The molecule has 164 valence electrons. The Kier molecular flexibility index (Phi) is 5.30. The number of aromatic nitrogens is 2. The van der Waals surface area contributed by atoms with Crippen molar-refractivity contribution < 1.29 is 19.4 Å². The quantitative estimate of drug-likeness (QED) is 0.352. The lowest BCUT2D eigenvalue weighted by Crippen LogP contribution is -2.31. The van der Waals surface area contributed by atoms with Crippen LogP contribution in [0, 0.1) is 0 Å². The van der Waals surface area contributed by atoms with Gasteiger partial charge in [-0.3, -0.25) is 9.59 Å². The van der Waals surface area contributed by atoms with E-state index in [1.165, 1.54) is 11.3 Å². The van der Waals surface area contributed by atoms with Gasteiger partial charge in [-0.1, -0.05) is 6.07 Å². The van der Waals surface area contributed by atoms with Crippen LogP contribution in [0.1, 0.15) is 35.4 Å². The van der Waals surface area contributed by atoms with Crippen molar-refractivity contribution in [2.24, 2.45) is 0 Å². The zero-order valence-corrected chi connectivity index (χ0v) is 18.4. The summed E-state index contributed by atoms with van der Waals surface area (Å²) < 4.78 is 7.68. The highest BCUT2D eigenvalue weighted by atomic mass is 32.1. The minimum atomic E-state index is -0.645. The number of likely N-dealkylation sites (tertiary alicyclic amines) is 1. The molecule has 32 heavy (non-hydrogen) atoms. The van der Waals surface area contributed by atoms with Crippen LogP contribution in [0.3, 0.4) is 0 Å². The summed E-state index contributed by atoms with van der Waals surface area (Å²) in [5.41, 5.74) is 1.66. The van der Waals surface area contributed by atoms with Gasteiger partial charge in [0.25, 0.3) is 11.7 Å². The molecule has 1 N–H and O–H groups in total. The van der Waals surface area contributed by atoms with E-state index in [-0.39, 0.29) is 17.4 Å². The normalized spacial score (nSPS) is 21.7. The number of aliphatic hydroxyl groups is 1. The average molecular weight is 450 g/mol. The third-order valence-electron chi connectivity index (χ3n) is 5.90. The minimum Gasteiger partial charge on any atom is -0.507 e. The second-order valence-corrected chi connectivity index (χ2v) is 9.10. The van der Waals surface area contributed by atoms with E-state index < -0.39 is 17.7 Å². The molecule has 2 aliphatic rings. The SMILES string of the molecule is C[C@H]1Cc2cc(C(O)=C3C(=O)C(=O)N(CCCn4ccnc4)[C@@H]3c3cccs3)ccc2O1. The number of hydrogen-bond donors (Lipinski definition) is 1. The topological polar surface area (TPSA) is 84.7 Å². The standard InChI is InChI=1S/C24H23N3O4S/c1-15-12-17-13-16(5-6-18(17)31-15)22(28)20-21(19-4-2-11-32-19)27(24(30)23(20)29)9-3-8-26-10-7-25-14-26/h2,4-7,10-11,13-15,21,28H,3,8-9,12H2,1H3/t15-,21+/m0/s1. The number of nitrogens with zero attached hydrogens (tertiary/aromatic N) is 3. The van der Waals surface area contributed by atoms with Crippen LogP contribution in [-0.4, -0.2) is 43.9 Å². The average Bonchev–Trinajstić information content (AvgIpc) is 3.57. The molecule has 1 fully saturated rings. The molecular formula is C24H23N3O4S. The number of carbonyl (C=O) groups is 2. The van der Waals surface area contributed by atoms with Crippen molar-refractivity contribution in [3.63, 3.8) is 0 Å². The number of aryl methyl sites for hydroxylation is 1. The minimum absolute atomic E-state index is 0.0783. The second kappa shape index (κ2) is 8.27. The molecule has 0 bridgehead atoms. The van der Waals surface area contributed by atoms with Gasteiger partial charge in [0.15, 0.2) is 0 Å². The van der Waals surface area contributed by atoms with Gasteiger partial charge < -0.3 is 19.3 Å². The first-order valence-corrected chi connectivity index (χ1v) is 11.5. The summed E-state index contributed by atoms with van der Waals surface area (Å²) in [5.74, 6) is -0.563. The zero-order valence-electron chi connectivity index (χ0n) is 17.6. The maximum Gasteiger partial charge on any atom is 0.295 e.